The summed E-state index contributed by atoms with van der Waals surface area (Å²) < 4.78 is 12.0. The second-order valence-corrected chi connectivity index (χ2v) is 8.26. The van der Waals surface area contributed by atoms with Crippen LogP contribution in [0.5, 0.6) is 0 Å². The molecule has 5 aromatic rings. The van der Waals surface area contributed by atoms with Crippen LogP contribution in [0.4, 0.5) is 5.88 Å². The number of aliphatic imine (C=N–C) groups is 1. The predicted molar refractivity (Wildman–Crippen MR) is 136 cm³/mol. The Balaban J connectivity index is 1.56. The van der Waals surface area contributed by atoms with Crippen molar-refractivity contribution in [3.63, 3.8) is 0 Å². The zero-order valence-electron chi connectivity index (χ0n) is 17.7. The number of hydrogen-bond donors (Lipinski definition) is 0. The van der Waals surface area contributed by atoms with E-state index in [1.807, 2.05) is 60.7 Å². The molecule has 0 saturated heterocycles. The van der Waals surface area contributed by atoms with Gasteiger partial charge in [-0.25, -0.2) is 4.99 Å². The molecule has 164 valence electrons. The molecular formula is C28H16Cl2N2O2. The van der Waals surface area contributed by atoms with E-state index in [1.165, 1.54) is 6.21 Å². The van der Waals surface area contributed by atoms with Crippen molar-refractivity contribution in [3.05, 3.63) is 112 Å². The Kier molecular flexibility index (Phi) is 6.05. The van der Waals surface area contributed by atoms with Gasteiger partial charge in [0.2, 0.25) is 5.88 Å². The van der Waals surface area contributed by atoms with Crippen LogP contribution in [-0.2, 0) is 0 Å². The summed E-state index contributed by atoms with van der Waals surface area (Å²) in [5.41, 5.74) is 3.51. The van der Waals surface area contributed by atoms with Gasteiger partial charge in [0.1, 0.15) is 28.9 Å². The monoisotopic (exact) mass is 482 g/mol. The van der Waals surface area contributed by atoms with E-state index in [9.17, 15) is 5.26 Å². The lowest BCUT2D eigenvalue weighted by Gasteiger charge is -2.03. The standard InChI is InChI=1S/C28H16Cl2N2O2/c29-20-11-13-22(24(30)15-20)25-14-12-21(33-25)17-32-28-23(16-31)26(18-7-3-1-4-8-18)27(34-28)19-9-5-2-6-10-19/h1-15,17H. The maximum Gasteiger partial charge on any atom is 0.238 e. The Morgan fingerprint density at radius 3 is 2.18 bits per heavy atom. The van der Waals surface area contributed by atoms with Gasteiger partial charge in [0, 0.05) is 21.7 Å². The molecule has 5 rings (SSSR count). The predicted octanol–water partition coefficient (Wildman–Crippen LogP) is 8.80. The molecule has 0 unspecified atom stereocenters. The molecule has 34 heavy (non-hydrogen) atoms. The Morgan fingerprint density at radius 2 is 1.50 bits per heavy atom. The van der Waals surface area contributed by atoms with E-state index in [0.717, 1.165) is 16.7 Å². The molecule has 2 aromatic heterocycles. The quantitative estimate of drug-likeness (QED) is 0.235. The van der Waals surface area contributed by atoms with Crippen molar-refractivity contribution in [3.8, 4) is 39.8 Å². The average Bonchev–Trinajstić information content (AvgIpc) is 3.48. The van der Waals surface area contributed by atoms with Crippen LogP contribution in [0.25, 0.3) is 33.8 Å². The molecule has 0 spiro atoms. The van der Waals surface area contributed by atoms with Crippen molar-refractivity contribution in [1.82, 2.24) is 0 Å². The molecular weight excluding hydrogens is 467 g/mol. The van der Waals surface area contributed by atoms with Crippen LogP contribution in [0.2, 0.25) is 10.0 Å². The van der Waals surface area contributed by atoms with Crippen molar-refractivity contribution in [2.45, 2.75) is 0 Å². The first-order valence-corrected chi connectivity index (χ1v) is 11.2. The fraction of sp³-hybridized carbons (Fsp3) is 0. The molecule has 0 fully saturated rings. The molecule has 0 amide bonds. The number of hydrogen-bond acceptors (Lipinski definition) is 4. The average molecular weight is 483 g/mol. The van der Waals surface area contributed by atoms with E-state index in [0.29, 0.717) is 38.5 Å². The van der Waals surface area contributed by atoms with Crippen LogP contribution in [-0.4, -0.2) is 6.21 Å². The number of benzene rings is 3. The molecule has 0 N–H and O–H groups in total. The minimum atomic E-state index is 0.211. The summed E-state index contributed by atoms with van der Waals surface area (Å²) in [7, 11) is 0. The first-order chi connectivity index (χ1) is 16.6. The number of nitrogens with zero attached hydrogens (tertiary/aromatic N) is 2. The van der Waals surface area contributed by atoms with E-state index < -0.39 is 0 Å². The Morgan fingerprint density at radius 1 is 0.794 bits per heavy atom. The minimum absolute atomic E-state index is 0.211. The molecule has 2 heterocycles. The first-order valence-electron chi connectivity index (χ1n) is 10.4. The highest BCUT2D eigenvalue weighted by Gasteiger charge is 2.22. The SMILES string of the molecule is N#Cc1c(N=Cc2ccc(-c3ccc(Cl)cc3Cl)o2)oc(-c2ccccc2)c1-c1ccccc1. The molecule has 0 aliphatic heterocycles. The Bertz CT molecular complexity index is 1530. The largest absolute Gasteiger partial charge is 0.455 e. The summed E-state index contributed by atoms with van der Waals surface area (Å²) in [4.78, 5) is 4.46. The Hall–Kier alpha value is -4.04. The van der Waals surface area contributed by atoms with Crippen LogP contribution in [0.1, 0.15) is 11.3 Å². The normalized spacial score (nSPS) is 11.1. The molecule has 4 nitrogen and oxygen atoms in total. The highest BCUT2D eigenvalue weighted by Crippen LogP contribution is 2.42. The second kappa shape index (κ2) is 9.44. The summed E-state index contributed by atoms with van der Waals surface area (Å²) >= 11 is 12.3. The van der Waals surface area contributed by atoms with Crippen molar-refractivity contribution in [1.29, 1.82) is 5.26 Å². The molecule has 0 aliphatic rings. The molecule has 0 bridgehead atoms. The molecule has 6 heteroatoms. The van der Waals surface area contributed by atoms with Crippen molar-refractivity contribution >= 4 is 35.3 Å². The van der Waals surface area contributed by atoms with Gasteiger partial charge in [-0.2, -0.15) is 5.26 Å². The van der Waals surface area contributed by atoms with Gasteiger partial charge in [0.15, 0.2) is 0 Å². The van der Waals surface area contributed by atoms with Crippen LogP contribution >= 0.6 is 23.2 Å². The van der Waals surface area contributed by atoms with Crippen LogP contribution < -0.4 is 0 Å². The Labute approximate surface area is 206 Å². The van der Waals surface area contributed by atoms with Gasteiger partial charge in [-0.3, -0.25) is 0 Å². The third-order valence-corrected chi connectivity index (χ3v) is 5.78. The molecule has 0 aliphatic carbocycles. The van der Waals surface area contributed by atoms with E-state index >= 15 is 0 Å². The molecule has 3 aromatic carbocycles. The van der Waals surface area contributed by atoms with Gasteiger partial charge in [-0.1, -0.05) is 83.9 Å². The number of rotatable bonds is 5. The highest BCUT2D eigenvalue weighted by atomic mass is 35.5. The smallest absolute Gasteiger partial charge is 0.238 e. The second-order valence-electron chi connectivity index (χ2n) is 7.41. The number of halogens is 2. The summed E-state index contributed by atoms with van der Waals surface area (Å²) in [5, 5.41) is 11.0. The van der Waals surface area contributed by atoms with Gasteiger partial charge in [0.25, 0.3) is 0 Å². The molecule has 0 saturated carbocycles. The third-order valence-electron chi connectivity index (χ3n) is 5.23. The topological polar surface area (TPSA) is 62.4 Å². The lowest BCUT2D eigenvalue weighted by atomic mass is 9.98. The maximum atomic E-state index is 9.99. The fourth-order valence-electron chi connectivity index (χ4n) is 3.67. The summed E-state index contributed by atoms with van der Waals surface area (Å²) in [6.45, 7) is 0. The van der Waals surface area contributed by atoms with Crippen molar-refractivity contribution in [2.24, 2.45) is 4.99 Å². The van der Waals surface area contributed by atoms with Gasteiger partial charge < -0.3 is 8.83 Å². The van der Waals surface area contributed by atoms with Crippen molar-refractivity contribution in [2.75, 3.05) is 0 Å². The minimum Gasteiger partial charge on any atom is -0.455 e. The van der Waals surface area contributed by atoms with Crippen molar-refractivity contribution < 1.29 is 8.83 Å². The fourth-order valence-corrected chi connectivity index (χ4v) is 4.17. The van der Waals surface area contributed by atoms with Crippen LogP contribution in [0, 0.1) is 11.3 Å². The highest BCUT2D eigenvalue weighted by molar-refractivity contribution is 6.36. The van der Waals surface area contributed by atoms with Gasteiger partial charge in [0.05, 0.1) is 11.2 Å². The third kappa shape index (κ3) is 4.27. The summed E-state index contributed by atoms with van der Waals surface area (Å²) in [6, 6.07) is 30.4. The van der Waals surface area contributed by atoms with Gasteiger partial charge in [-0.05, 0) is 35.9 Å². The van der Waals surface area contributed by atoms with Gasteiger partial charge in [-0.15, -0.1) is 0 Å². The first kappa shape index (κ1) is 21.8. The lowest BCUT2D eigenvalue weighted by Crippen LogP contribution is -1.83. The summed E-state index contributed by atoms with van der Waals surface area (Å²) in [5.74, 6) is 1.87. The molecule has 0 radical (unpaired) electrons. The molecule has 0 atom stereocenters. The van der Waals surface area contributed by atoms with E-state index in [4.69, 9.17) is 32.0 Å². The maximum absolute atomic E-state index is 9.99. The lowest BCUT2D eigenvalue weighted by molar-refractivity contribution is 0.572. The van der Waals surface area contributed by atoms with E-state index in [2.05, 4.69) is 11.1 Å². The van der Waals surface area contributed by atoms with Gasteiger partial charge >= 0.3 is 0 Å². The van der Waals surface area contributed by atoms with E-state index in [1.54, 1.807) is 30.3 Å². The zero-order valence-corrected chi connectivity index (χ0v) is 19.2. The van der Waals surface area contributed by atoms with Crippen LogP contribution in [0.15, 0.2) is 105 Å². The van der Waals surface area contributed by atoms with Crippen LogP contribution in [0.3, 0.4) is 0 Å². The van der Waals surface area contributed by atoms with E-state index in [-0.39, 0.29) is 5.88 Å². The number of furan rings is 2. The number of nitriles is 1. The summed E-state index contributed by atoms with van der Waals surface area (Å²) in [6.07, 6.45) is 1.52. The zero-order chi connectivity index (χ0) is 23.5.